The Morgan fingerprint density at radius 2 is 1.00 bits per heavy atom. The third kappa shape index (κ3) is 5.09. The normalized spacial score (nSPS) is 17.2. The molecule has 0 aromatic carbocycles. The van der Waals surface area contributed by atoms with Gasteiger partial charge in [0.1, 0.15) is 10.7 Å². The lowest BCUT2D eigenvalue weighted by Crippen LogP contribution is -2.57. The first kappa shape index (κ1) is 22.2. The minimum Gasteiger partial charge on any atom is -0.306 e. The van der Waals surface area contributed by atoms with Crippen molar-refractivity contribution in [2.45, 2.75) is 21.4 Å². The van der Waals surface area contributed by atoms with Crippen LogP contribution in [0, 0.1) is 11.8 Å². The van der Waals surface area contributed by atoms with Gasteiger partial charge in [0.2, 0.25) is 0 Å². The molecular formula is C14H16Cl6N2O2. The summed E-state index contributed by atoms with van der Waals surface area (Å²) in [7, 11) is 2.91. The first-order valence-electron chi connectivity index (χ1n) is 6.81. The first-order chi connectivity index (χ1) is 10.7. The fourth-order valence-electron chi connectivity index (χ4n) is 1.88. The zero-order valence-electron chi connectivity index (χ0n) is 13.3. The average molecular weight is 457 g/mol. The van der Waals surface area contributed by atoms with Gasteiger partial charge in [-0.2, -0.15) is 0 Å². The predicted molar refractivity (Wildman–Crippen MR) is 104 cm³/mol. The Morgan fingerprint density at radius 1 is 0.750 bits per heavy atom. The van der Waals surface area contributed by atoms with E-state index in [1.165, 1.54) is 35.4 Å². The maximum Gasteiger partial charge on any atom is 0.274 e. The second kappa shape index (κ2) is 7.81. The van der Waals surface area contributed by atoms with E-state index in [9.17, 15) is 9.59 Å². The van der Waals surface area contributed by atoms with Crippen LogP contribution in [0.3, 0.4) is 0 Å². The average Bonchev–Trinajstić information content (AvgIpc) is 2.43. The highest BCUT2D eigenvalue weighted by atomic mass is 35.6. The summed E-state index contributed by atoms with van der Waals surface area (Å²) in [4.78, 5) is 25.2. The van der Waals surface area contributed by atoms with E-state index in [4.69, 9.17) is 69.6 Å². The Bertz CT molecular complexity index is 773. The van der Waals surface area contributed by atoms with Crippen LogP contribution in [0.4, 0.5) is 0 Å². The zero-order valence-corrected chi connectivity index (χ0v) is 17.8. The van der Waals surface area contributed by atoms with Crippen molar-refractivity contribution in [2.24, 2.45) is 25.9 Å². The van der Waals surface area contributed by atoms with Gasteiger partial charge in [-0.1, -0.05) is 83.5 Å². The van der Waals surface area contributed by atoms with Crippen LogP contribution < -0.4 is 21.8 Å². The Morgan fingerprint density at radius 3 is 1.21 bits per heavy atom. The molecule has 4 nitrogen and oxygen atoms in total. The molecule has 0 radical (unpaired) electrons. The van der Waals surface area contributed by atoms with Gasteiger partial charge in [-0.15, -0.1) is 0 Å². The highest BCUT2D eigenvalue weighted by Gasteiger charge is 2.28. The molecule has 0 aliphatic rings. The summed E-state index contributed by atoms with van der Waals surface area (Å²) < 4.78 is -0.829. The number of hydrogen-bond donors (Lipinski definition) is 0. The van der Waals surface area contributed by atoms with Crippen LogP contribution in [0.2, 0.25) is 0 Å². The molecule has 1 heterocycles. The van der Waals surface area contributed by atoms with Gasteiger partial charge in [-0.3, -0.25) is 9.59 Å². The van der Waals surface area contributed by atoms with E-state index >= 15 is 0 Å². The van der Waals surface area contributed by atoms with Gasteiger partial charge in [0.15, 0.2) is 7.59 Å². The quantitative estimate of drug-likeness (QED) is 0.642. The standard InChI is InChI=1S/C14H16Cl6N2O2/c1-7(13(15,16)17)5-9-11(23)22(4)10(12(24)21(9)3)6-8(2)14(18,19)20/h5-8H,1-4H3/t7-,8-/m0/s1. The van der Waals surface area contributed by atoms with Crippen LogP contribution in [0.1, 0.15) is 13.8 Å². The molecule has 1 rings (SSSR count). The van der Waals surface area contributed by atoms with Crippen LogP contribution in [0.5, 0.6) is 0 Å². The Balaban J connectivity index is 3.78. The van der Waals surface area contributed by atoms with Gasteiger partial charge >= 0.3 is 0 Å². The molecule has 0 bridgehead atoms. The molecule has 0 aliphatic carbocycles. The van der Waals surface area contributed by atoms with Gasteiger partial charge in [-0.05, 0) is 12.2 Å². The molecule has 0 spiro atoms. The van der Waals surface area contributed by atoms with E-state index in [0.717, 1.165) is 0 Å². The molecule has 0 amide bonds. The van der Waals surface area contributed by atoms with Crippen LogP contribution in [0.15, 0.2) is 9.59 Å². The monoisotopic (exact) mass is 454 g/mol. The SMILES string of the molecule is C[C@@H](C=c1c(=O)n(C)c(=C[C@H](C)C(Cl)(Cl)Cl)c(=O)n1C)C(Cl)(Cl)Cl. The van der Waals surface area contributed by atoms with Gasteiger partial charge in [-0.25, -0.2) is 0 Å². The van der Waals surface area contributed by atoms with Gasteiger partial charge in [0.25, 0.3) is 11.1 Å². The molecule has 0 N–H and O–H groups in total. The van der Waals surface area contributed by atoms with Gasteiger partial charge in [0, 0.05) is 25.9 Å². The van der Waals surface area contributed by atoms with Crippen molar-refractivity contribution in [1.29, 1.82) is 0 Å². The predicted octanol–water partition coefficient (Wildman–Crippen LogP) is 2.66. The number of nitrogens with zero attached hydrogens (tertiary/aromatic N) is 2. The lowest BCUT2D eigenvalue weighted by molar-refractivity contribution is 0.675. The van der Waals surface area contributed by atoms with E-state index in [0.29, 0.717) is 0 Å². The molecule has 2 atom stereocenters. The van der Waals surface area contributed by atoms with E-state index in [1.54, 1.807) is 13.8 Å². The highest BCUT2D eigenvalue weighted by molar-refractivity contribution is 6.68. The molecule has 10 heteroatoms. The summed E-state index contributed by atoms with van der Waals surface area (Å²) in [5.41, 5.74) is -0.859. The molecule has 1 aromatic rings. The van der Waals surface area contributed by atoms with Crippen molar-refractivity contribution in [3.8, 4) is 0 Å². The minimum atomic E-state index is -1.60. The largest absolute Gasteiger partial charge is 0.306 e. The minimum absolute atomic E-state index is 0.111. The number of halogens is 6. The van der Waals surface area contributed by atoms with Crippen molar-refractivity contribution in [2.75, 3.05) is 0 Å². The summed E-state index contributed by atoms with van der Waals surface area (Å²) in [6, 6.07) is 0. The molecule has 136 valence electrons. The van der Waals surface area contributed by atoms with Crippen molar-refractivity contribution in [3.63, 3.8) is 0 Å². The number of alkyl halides is 6. The Kier molecular flexibility index (Phi) is 7.22. The molecule has 0 fully saturated rings. The lowest BCUT2D eigenvalue weighted by atomic mass is 10.2. The fourth-order valence-corrected chi connectivity index (χ4v) is 2.26. The van der Waals surface area contributed by atoms with E-state index in [1.807, 2.05) is 0 Å². The number of aromatic nitrogens is 2. The van der Waals surface area contributed by atoms with Crippen LogP contribution >= 0.6 is 69.6 Å². The second-order valence-electron chi connectivity index (χ2n) is 5.49. The van der Waals surface area contributed by atoms with Crippen LogP contribution in [-0.4, -0.2) is 16.7 Å². The zero-order chi connectivity index (χ0) is 19.0. The fraction of sp³-hybridized carbons (Fsp3) is 0.571. The maximum atomic E-state index is 12.6. The van der Waals surface area contributed by atoms with Gasteiger partial charge < -0.3 is 9.13 Å². The summed E-state index contributed by atoms with van der Waals surface area (Å²) in [5.74, 6) is -1.17. The molecule has 0 saturated carbocycles. The molecule has 24 heavy (non-hydrogen) atoms. The first-order valence-corrected chi connectivity index (χ1v) is 9.07. The summed E-state index contributed by atoms with van der Waals surface area (Å²) >= 11 is 34.9. The smallest absolute Gasteiger partial charge is 0.274 e. The van der Waals surface area contributed by atoms with Crippen molar-refractivity contribution < 1.29 is 0 Å². The molecule has 0 aliphatic heterocycles. The summed E-state index contributed by atoms with van der Waals surface area (Å²) in [6.07, 6.45) is 2.89. The van der Waals surface area contributed by atoms with Crippen molar-refractivity contribution in [1.82, 2.24) is 9.13 Å². The number of rotatable bonds is 2. The molecule has 0 unspecified atom stereocenters. The maximum absolute atomic E-state index is 12.6. The number of hydrogen-bond acceptors (Lipinski definition) is 2. The third-order valence-electron chi connectivity index (χ3n) is 3.62. The van der Waals surface area contributed by atoms with E-state index < -0.39 is 30.5 Å². The molecular weight excluding hydrogens is 441 g/mol. The molecule has 0 saturated heterocycles. The van der Waals surface area contributed by atoms with Crippen LogP contribution in [0.25, 0.3) is 12.2 Å². The van der Waals surface area contributed by atoms with E-state index in [-0.39, 0.29) is 10.7 Å². The van der Waals surface area contributed by atoms with E-state index in [2.05, 4.69) is 0 Å². The van der Waals surface area contributed by atoms with Crippen LogP contribution in [-0.2, 0) is 14.1 Å². The summed E-state index contributed by atoms with van der Waals surface area (Å²) in [6.45, 7) is 3.25. The van der Waals surface area contributed by atoms with Crippen molar-refractivity contribution in [3.05, 3.63) is 31.4 Å². The van der Waals surface area contributed by atoms with Crippen molar-refractivity contribution >= 4 is 81.8 Å². The van der Waals surface area contributed by atoms with Gasteiger partial charge in [0.05, 0.1) is 0 Å². The Hall–Kier alpha value is 0.160. The highest BCUT2D eigenvalue weighted by Crippen LogP contribution is 2.36. The lowest BCUT2D eigenvalue weighted by Gasteiger charge is -2.17. The topological polar surface area (TPSA) is 44.0 Å². The summed E-state index contributed by atoms with van der Waals surface area (Å²) in [5, 5.41) is 0.222. The molecule has 1 aromatic heterocycles. The third-order valence-corrected chi connectivity index (χ3v) is 5.68. The Labute approximate surface area is 169 Å². The second-order valence-corrected chi connectivity index (χ2v) is 10.2.